The van der Waals surface area contributed by atoms with Gasteiger partial charge in [-0.1, -0.05) is 27.5 Å². The SMILES string of the molecule is Cc1cc(Cl)c(C(=O)Nc2cc(Br)ccc2C(=O)O)cn1. The number of carboxylic acid groups (broad SMARTS) is 1. The normalized spacial score (nSPS) is 10.2. The number of rotatable bonds is 3. The van der Waals surface area contributed by atoms with Crippen molar-refractivity contribution in [3.8, 4) is 0 Å². The number of aromatic carboxylic acids is 1. The van der Waals surface area contributed by atoms with E-state index >= 15 is 0 Å². The minimum absolute atomic E-state index is 0.0113. The Kier molecular flexibility index (Phi) is 4.59. The number of carbonyl (C=O) groups excluding carboxylic acids is 1. The zero-order chi connectivity index (χ0) is 15.6. The van der Waals surface area contributed by atoms with Crippen molar-refractivity contribution in [2.75, 3.05) is 5.32 Å². The molecule has 1 aromatic carbocycles. The Bertz CT molecular complexity index is 734. The summed E-state index contributed by atoms with van der Waals surface area (Å²) in [5, 5.41) is 11.9. The van der Waals surface area contributed by atoms with Crippen molar-refractivity contribution in [3.05, 3.63) is 56.8 Å². The van der Waals surface area contributed by atoms with Gasteiger partial charge in [0.05, 0.1) is 21.8 Å². The minimum atomic E-state index is -1.13. The lowest BCUT2D eigenvalue weighted by Crippen LogP contribution is -2.15. The lowest BCUT2D eigenvalue weighted by molar-refractivity contribution is 0.0698. The minimum Gasteiger partial charge on any atom is -0.478 e. The summed E-state index contributed by atoms with van der Waals surface area (Å²) >= 11 is 9.23. The quantitative estimate of drug-likeness (QED) is 0.863. The van der Waals surface area contributed by atoms with Gasteiger partial charge in [-0.25, -0.2) is 4.79 Å². The van der Waals surface area contributed by atoms with Gasteiger partial charge in [-0.05, 0) is 31.2 Å². The molecule has 0 aliphatic heterocycles. The summed E-state index contributed by atoms with van der Waals surface area (Å²) in [5.41, 5.74) is 1.03. The number of aromatic nitrogens is 1. The molecule has 1 heterocycles. The maximum Gasteiger partial charge on any atom is 0.337 e. The van der Waals surface area contributed by atoms with Gasteiger partial charge in [-0.15, -0.1) is 0 Å². The van der Waals surface area contributed by atoms with Gasteiger partial charge in [0, 0.05) is 16.4 Å². The molecule has 0 unspecified atom stereocenters. The highest BCUT2D eigenvalue weighted by Gasteiger charge is 2.16. The van der Waals surface area contributed by atoms with Crippen LogP contribution in [0.2, 0.25) is 5.02 Å². The highest BCUT2D eigenvalue weighted by molar-refractivity contribution is 9.10. The number of carboxylic acids is 1. The molecule has 2 rings (SSSR count). The van der Waals surface area contributed by atoms with Crippen molar-refractivity contribution >= 4 is 45.1 Å². The zero-order valence-electron chi connectivity index (χ0n) is 10.9. The predicted octanol–water partition coefficient (Wildman–Crippen LogP) is 3.76. The average molecular weight is 370 g/mol. The molecule has 0 aliphatic carbocycles. The maximum absolute atomic E-state index is 12.2. The molecule has 7 heteroatoms. The van der Waals surface area contributed by atoms with Gasteiger partial charge >= 0.3 is 5.97 Å². The standard InChI is InChI=1S/C14H10BrClN2O3/c1-7-4-11(16)10(6-17-7)13(19)18-12-5-8(15)2-3-9(12)14(20)21/h2-6H,1H3,(H,18,19)(H,20,21). The van der Waals surface area contributed by atoms with Gasteiger partial charge in [-0.2, -0.15) is 0 Å². The number of carbonyl (C=O) groups is 2. The average Bonchev–Trinajstić information content (AvgIpc) is 2.37. The van der Waals surface area contributed by atoms with Crippen LogP contribution in [0.25, 0.3) is 0 Å². The highest BCUT2D eigenvalue weighted by Crippen LogP contribution is 2.23. The number of amides is 1. The smallest absolute Gasteiger partial charge is 0.337 e. The number of nitrogens with zero attached hydrogens (tertiary/aromatic N) is 1. The van der Waals surface area contributed by atoms with Gasteiger partial charge in [0.1, 0.15) is 0 Å². The van der Waals surface area contributed by atoms with E-state index in [9.17, 15) is 9.59 Å². The predicted molar refractivity (Wildman–Crippen MR) is 83.0 cm³/mol. The first-order valence-corrected chi connectivity index (χ1v) is 7.02. The molecule has 0 spiro atoms. The lowest BCUT2D eigenvalue weighted by Gasteiger charge is -2.10. The molecule has 0 saturated carbocycles. The highest BCUT2D eigenvalue weighted by atomic mass is 79.9. The summed E-state index contributed by atoms with van der Waals surface area (Å²) in [4.78, 5) is 27.4. The fourth-order valence-electron chi connectivity index (χ4n) is 1.69. The van der Waals surface area contributed by atoms with Crippen LogP contribution in [-0.2, 0) is 0 Å². The van der Waals surface area contributed by atoms with Crippen LogP contribution >= 0.6 is 27.5 Å². The third kappa shape index (κ3) is 3.59. The molecular weight excluding hydrogens is 360 g/mol. The van der Waals surface area contributed by atoms with Crippen LogP contribution in [0.5, 0.6) is 0 Å². The van der Waals surface area contributed by atoms with Crippen LogP contribution in [0.3, 0.4) is 0 Å². The van der Waals surface area contributed by atoms with E-state index in [0.29, 0.717) is 10.2 Å². The van der Waals surface area contributed by atoms with Crippen molar-refractivity contribution in [3.63, 3.8) is 0 Å². The molecule has 0 aliphatic rings. The molecule has 0 bridgehead atoms. The van der Waals surface area contributed by atoms with Gasteiger partial charge in [0.2, 0.25) is 0 Å². The summed E-state index contributed by atoms with van der Waals surface area (Å²) < 4.78 is 0.649. The second-order valence-corrected chi connectivity index (χ2v) is 5.58. The van der Waals surface area contributed by atoms with Gasteiger partial charge in [-0.3, -0.25) is 9.78 Å². The summed E-state index contributed by atoms with van der Waals surface area (Å²) in [6, 6.07) is 6.06. The third-order valence-electron chi connectivity index (χ3n) is 2.70. The maximum atomic E-state index is 12.2. The Morgan fingerprint density at radius 2 is 2.00 bits per heavy atom. The topological polar surface area (TPSA) is 79.3 Å². The Labute approximate surface area is 134 Å². The van der Waals surface area contributed by atoms with Crippen LogP contribution in [0, 0.1) is 6.92 Å². The van der Waals surface area contributed by atoms with Crippen molar-refractivity contribution in [1.29, 1.82) is 0 Å². The second-order valence-electron chi connectivity index (χ2n) is 4.25. The fraction of sp³-hybridized carbons (Fsp3) is 0.0714. The first-order chi connectivity index (χ1) is 9.88. The molecule has 0 saturated heterocycles. The van der Waals surface area contributed by atoms with E-state index in [2.05, 4.69) is 26.2 Å². The molecule has 0 atom stereocenters. The fourth-order valence-corrected chi connectivity index (χ4v) is 2.34. The van der Waals surface area contributed by atoms with Crippen LogP contribution in [0.1, 0.15) is 26.4 Å². The number of halogens is 2. The number of nitrogens with one attached hydrogen (secondary N) is 1. The number of hydrogen-bond acceptors (Lipinski definition) is 3. The molecule has 5 nitrogen and oxygen atoms in total. The number of aryl methyl sites for hydroxylation is 1. The van der Waals surface area contributed by atoms with E-state index in [-0.39, 0.29) is 21.8 Å². The van der Waals surface area contributed by atoms with Crippen molar-refractivity contribution in [1.82, 2.24) is 4.98 Å². The third-order valence-corrected chi connectivity index (χ3v) is 3.50. The molecule has 1 aromatic heterocycles. The van der Waals surface area contributed by atoms with E-state index in [1.807, 2.05) is 0 Å². The van der Waals surface area contributed by atoms with E-state index in [1.54, 1.807) is 19.1 Å². The van der Waals surface area contributed by atoms with Crippen molar-refractivity contribution in [2.45, 2.75) is 6.92 Å². The summed E-state index contributed by atoms with van der Waals surface area (Å²) in [7, 11) is 0. The molecule has 0 radical (unpaired) electrons. The van der Waals surface area contributed by atoms with Gasteiger partial charge in [0.15, 0.2) is 0 Å². The van der Waals surface area contributed by atoms with Crippen molar-refractivity contribution in [2.24, 2.45) is 0 Å². The van der Waals surface area contributed by atoms with Crippen LogP contribution in [0.4, 0.5) is 5.69 Å². The van der Waals surface area contributed by atoms with E-state index in [4.69, 9.17) is 16.7 Å². The first-order valence-electron chi connectivity index (χ1n) is 5.85. The number of benzene rings is 1. The first kappa shape index (κ1) is 15.5. The Balaban J connectivity index is 2.35. The van der Waals surface area contributed by atoms with Crippen LogP contribution < -0.4 is 5.32 Å². The van der Waals surface area contributed by atoms with E-state index < -0.39 is 11.9 Å². The number of hydrogen-bond donors (Lipinski definition) is 2. The zero-order valence-corrected chi connectivity index (χ0v) is 13.2. The van der Waals surface area contributed by atoms with Gasteiger partial charge in [0.25, 0.3) is 5.91 Å². The summed E-state index contributed by atoms with van der Waals surface area (Å²) in [6.07, 6.45) is 1.35. The van der Waals surface area contributed by atoms with Crippen LogP contribution in [0.15, 0.2) is 34.9 Å². The molecule has 1 amide bonds. The molecule has 2 aromatic rings. The summed E-state index contributed by atoms with van der Waals surface area (Å²) in [5.74, 6) is -1.65. The Morgan fingerprint density at radius 1 is 1.29 bits per heavy atom. The second kappa shape index (κ2) is 6.24. The Hall–Kier alpha value is -1.92. The van der Waals surface area contributed by atoms with Crippen molar-refractivity contribution < 1.29 is 14.7 Å². The van der Waals surface area contributed by atoms with E-state index in [1.165, 1.54) is 18.3 Å². The number of pyridine rings is 1. The molecule has 2 N–H and O–H groups in total. The molecule has 108 valence electrons. The van der Waals surface area contributed by atoms with Gasteiger partial charge < -0.3 is 10.4 Å². The number of anilines is 1. The largest absolute Gasteiger partial charge is 0.478 e. The molecule has 21 heavy (non-hydrogen) atoms. The molecular formula is C14H10BrClN2O3. The van der Waals surface area contributed by atoms with E-state index in [0.717, 1.165) is 0 Å². The summed E-state index contributed by atoms with van der Waals surface area (Å²) in [6.45, 7) is 1.75. The lowest BCUT2D eigenvalue weighted by atomic mass is 10.1. The molecule has 0 fully saturated rings. The monoisotopic (exact) mass is 368 g/mol. The van der Waals surface area contributed by atoms with Crippen LogP contribution in [-0.4, -0.2) is 22.0 Å². The Morgan fingerprint density at radius 3 is 2.62 bits per heavy atom.